The van der Waals surface area contributed by atoms with Gasteiger partial charge in [-0.3, -0.25) is 14.5 Å². The van der Waals surface area contributed by atoms with Gasteiger partial charge in [-0.15, -0.1) is 0 Å². The molecular formula is C23H29BrN4O2. The normalized spacial score (nSPS) is 17.6. The van der Waals surface area contributed by atoms with Gasteiger partial charge in [0.25, 0.3) is 5.56 Å². The number of hydrogen-bond donors (Lipinski definition) is 1. The van der Waals surface area contributed by atoms with E-state index in [0.29, 0.717) is 37.5 Å². The maximum Gasteiger partial charge on any atom is 0.275 e. The van der Waals surface area contributed by atoms with Gasteiger partial charge in [0.15, 0.2) is 0 Å². The van der Waals surface area contributed by atoms with Crippen LogP contribution in [0.2, 0.25) is 0 Å². The topological polar surface area (TPSA) is 58.8 Å². The van der Waals surface area contributed by atoms with E-state index in [9.17, 15) is 9.59 Å². The summed E-state index contributed by atoms with van der Waals surface area (Å²) in [5.74, 6) is 0.0574. The van der Waals surface area contributed by atoms with Gasteiger partial charge in [0.05, 0.1) is 11.0 Å². The van der Waals surface area contributed by atoms with E-state index in [1.807, 2.05) is 40.9 Å². The molecule has 1 aliphatic rings. The lowest BCUT2D eigenvalue weighted by atomic mass is 10.0. The highest BCUT2D eigenvalue weighted by atomic mass is 79.9. The molecule has 1 saturated heterocycles. The second-order valence-corrected chi connectivity index (χ2v) is 9.10. The summed E-state index contributed by atoms with van der Waals surface area (Å²) in [6.45, 7) is 5.52. The third-order valence-electron chi connectivity index (χ3n) is 6.15. The number of carbonyl (C=O) groups excluding carboxylic acids is 1. The zero-order valence-electron chi connectivity index (χ0n) is 17.4. The van der Waals surface area contributed by atoms with E-state index >= 15 is 0 Å². The summed E-state index contributed by atoms with van der Waals surface area (Å²) >= 11 is 3.51. The number of hydrogen-bond acceptors (Lipinski definition) is 3. The van der Waals surface area contributed by atoms with Gasteiger partial charge in [-0.25, -0.2) is 0 Å². The highest BCUT2D eigenvalue weighted by Crippen LogP contribution is 2.21. The number of aromatic nitrogens is 2. The van der Waals surface area contributed by atoms with Gasteiger partial charge >= 0.3 is 0 Å². The molecule has 30 heavy (non-hydrogen) atoms. The van der Waals surface area contributed by atoms with Crippen LogP contribution in [0, 0.1) is 0 Å². The molecule has 1 aromatic carbocycles. The third kappa shape index (κ3) is 4.47. The highest BCUT2D eigenvalue weighted by Gasteiger charge is 2.17. The van der Waals surface area contributed by atoms with E-state index in [1.54, 1.807) is 4.57 Å². The monoisotopic (exact) mass is 472 g/mol. The molecule has 1 amide bonds. The molecule has 0 aliphatic carbocycles. The molecule has 1 aliphatic heterocycles. The minimum Gasteiger partial charge on any atom is -0.355 e. The van der Waals surface area contributed by atoms with Gasteiger partial charge < -0.3 is 14.3 Å². The molecule has 3 heterocycles. The fourth-order valence-corrected chi connectivity index (χ4v) is 4.82. The average molecular weight is 473 g/mol. The molecule has 1 fully saturated rings. The van der Waals surface area contributed by atoms with E-state index in [0.717, 1.165) is 28.6 Å². The van der Waals surface area contributed by atoms with Gasteiger partial charge in [-0.2, -0.15) is 0 Å². The number of piperidine rings is 1. The van der Waals surface area contributed by atoms with Crippen molar-refractivity contribution in [2.24, 2.45) is 0 Å². The first kappa shape index (κ1) is 21.1. The van der Waals surface area contributed by atoms with Gasteiger partial charge in [-0.05, 0) is 63.1 Å². The van der Waals surface area contributed by atoms with Gasteiger partial charge in [0.2, 0.25) is 5.91 Å². The Bertz CT molecular complexity index is 1100. The lowest BCUT2D eigenvalue weighted by molar-refractivity contribution is -0.121. The summed E-state index contributed by atoms with van der Waals surface area (Å²) in [6.07, 6.45) is 6.77. The van der Waals surface area contributed by atoms with Crippen LogP contribution < -0.4 is 10.9 Å². The number of aryl methyl sites for hydroxylation is 1. The Morgan fingerprint density at radius 2 is 2.03 bits per heavy atom. The minimum absolute atomic E-state index is 0.0231. The second-order valence-electron chi connectivity index (χ2n) is 8.19. The average Bonchev–Trinajstić information content (AvgIpc) is 3.22. The van der Waals surface area contributed by atoms with Crippen molar-refractivity contribution in [2.45, 2.75) is 51.6 Å². The molecule has 2 aromatic heterocycles. The lowest BCUT2D eigenvalue weighted by Gasteiger charge is -2.33. The molecule has 0 bridgehead atoms. The number of halogens is 1. The standard InChI is InChI=1S/C23H29BrN4O2/c1-17-6-2-3-12-26(17)15-11-25-22(29)8-5-14-28-21-16-18(24)9-10-19(21)27-13-4-7-20(27)23(28)30/h4,7,9-10,13,16-17H,2-3,5-6,8,11-12,14-15H2,1H3,(H,25,29)/t17-/m0/s1. The summed E-state index contributed by atoms with van der Waals surface area (Å²) in [7, 11) is 0. The van der Waals surface area contributed by atoms with Crippen molar-refractivity contribution in [3.8, 4) is 0 Å². The predicted octanol–water partition coefficient (Wildman–Crippen LogP) is 3.79. The second kappa shape index (κ2) is 9.35. The summed E-state index contributed by atoms with van der Waals surface area (Å²) in [5.41, 5.74) is 2.49. The van der Waals surface area contributed by atoms with E-state index in [4.69, 9.17) is 0 Å². The van der Waals surface area contributed by atoms with Gasteiger partial charge in [0.1, 0.15) is 5.52 Å². The third-order valence-corrected chi connectivity index (χ3v) is 6.64. The summed E-state index contributed by atoms with van der Waals surface area (Å²) in [6, 6.07) is 10.3. The number of nitrogens with one attached hydrogen (secondary N) is 1. The first-order chi connectivity index (χ1) is 14.5. The van der Waals surface area contributed by atoms with Crippen LogP contribution in [0.1, 0.15) is 39.0 Å². The minimum atomic E-state index is -0.0231. The zero-order valence-corrected chi connectivity index (χ0v) is 19.0. The molecule has 0 radical (unpaired) electrons. The predicted molar refractivity (Wildman–Crippen MR) is 124 cm³/mol. The van der Waals surface area contributed by atoms with Crippen LogP contribution in [0.3, 0.4) is 0 Å². The Hall–Kier alpha value is -2.12. The van der Waals surface area contributed by atoms with Crippen molar-refractivity contribution >= 4 is 38.4 Å². The van der Waals surface area contributed by atoms with Crippen molar-refractivity contribution < 1.29 is 4.79 Å². The summed E-state index contributed by atoms with van der Waals surface area (Å²) in [5, 5.41) is 3.04. The Morgan fingerprint density at radius 3 is 2.87 bits per heavy atom. The number of carbonyl (C=O) groups is 1. The van der Waals surface area contributed by atoms with Crippen LogP contribution in [0.5, 0.6) is 0 Å². The molecule has 160 valence electrons. The number of likely N-dealkylation sites (tertiary alicyclic amines) is 1. The van der Waals surface area contributed by atoms with Crippen molar-refractivity contribution in [3.05, 3.63) is 51.4 Å². The van der Waals surface area contributed by atoms with Crippen LogP contribution in [-0.4, -0.2) is 45.5 Å². The fourth-order valence-electron chi connectivity index (χ4n) is 4.47. The molecule has 0 spiro atoms. The van der Waals surface area contributed by atoms with Crippen LogP contribution in [0.25, 0.3) is 16.6 Å². The van der Waals surface area contributed by atoms with Crippen LogP contribution in [-0.2, 0) is 11.3 Å². The first-order valence-corrected chi connectivity index (χ1v) is 11.6. The smallest absolute Gasteiger partial charge is 0.275 e. The first-order valence-electron chi connectivity index (χ1n) is 10.8. The number of benzene rings is 1. The molecule has 0 unspecified atom stereocenters. The van der Waals surface area contributed by atoms with Crippen molar-refractivity contribution in [3.63, 3.8) is 0 Å². The Kier molecular flexibility index (Phi) is 6.58. The molecule has 0 saturated carbocycles. The van der Waals surface area contributed by atoms with Gasteiger partial charge in [0, 0.05) is 42.8 Å². The summed E-state index contributed by atoms with van der Waals surface area (Å²) in [4.78, 5) is 27.7. The molecular weight excluding hydrogens is 444 g/mol. The zero-order chi connectivity index (χ0) is 21.1. The van der Waals surface area contributed by atoms with E-state index in [2.05, 4.69) is 33.1 Å². The molecule has 6 nitrogen and oxygen atoms in total. The largest absolute Gasteiger partial charge is 0.355 e. The van der Waals surface area contributed by atoms with Crippen molar-refractivity contribution in [1.82, 2.24) is 19.2 Å². The van der Waals surface area contributed by atoms with Crippen LogP contribution in [0.4, 0.5) is 0 Å². The van der Waals surface area contributed by atoms with Crippen LogP contribution in [0.15, 0.2) is 45.8 Å². The van der Waals surface area contributed by atoms with E-state index in [1.165, 1.54) is 19.3 Å². The number of fused-ring (bicyclic) bond motifs is 3. The molecule has 4 rings (SSSR count). The van der Waals surface area contributed by atoms with Crippen molar-refractivity contribution in [1.29, 1.82) is 0 Å². The number of rotatable bonds is 7. The Balaban J connectivity index is 1.37. The molecule has 1 N–H and O–H groups in total. The maximum atomic E-state index is 13.0. The quantitative estimate of drug-likeness (QED) is 0.568. The van der Waals surface area contributed by atoms with Gasteiger partial charge in [-0.1, -0.05) is 22.4 Å². The number of nitrogens with zero attached hydrogens (tertiary/aromatic N) is 3. The van der Waals surface area contributed by atoms with Crippen molar-refractivity contribution in [2.75, 3.05) is 19.6 Å². The van der Waals surface area contributed by atoms with E-state index in [-0.39, 0.29) is 11.5 Å². The lowest BCUT2D eigenvalue weighted by Crippen LogP contribution is -2.42. The molecule has 1 atom stereocenters. The Morgan fingerprint density at radius 1 is 1.17 bits per heavy atom. The number of amides is 1. The SMILES string of the molecule is C[C@H]1CCCCN1CCNC(=O)CCCn1c(=O)c2cccn2c2ccc(Br)cc21. The van der Waals surface area contributed by atoms with E-state index < -0.39 is 0 Å². The Labute approximate surface area is 185 Å². The molecule has 7 heteroatoms. The maximum absolute atomic E-state index is 13.0. The fraction of sp³-hybridized carbons (Fsp3) is 0.478. The summed E-state index contributed by atoms with van der Waals surface area (Å²) < 4.78 is 4.65. The highest BCUT2D eigenvalue weighted by molar-refractivity contribution is 9.10. The van der Waals surface area contributed by atoms with Crippen LogP contribution >= 0.6 is 15.9 Å². The molecule has 3 aromatic rings.